The maximum atomic E-state index is 2.71. The molecule has 2 aliphatic rings. The van der Waals surface area contributed by atoms with Crippen molar-refractivity contribution >= 4 is 0 Å². The lowest BCUT2D eigenvalue weighted by Gasteiger charge is -2.43. The Morgan fingerprint density at radius 1 is 1.21 bits per heavy atom. The predicted molar refractivity (Wildman–Crippen MR) is 80.9 cm³/mol. The first kappa shape index (κ1) is 13.2. The van der Waals surface area contributed by atoms with E-state index in [-0.39, 0.29) is 0 Å². The number of hydrogen-bond donors (Lipinski definition) is 0. The van der Waals surface area contributed by atoms with Gasteiger partial charge >= 0.3 is 0 Å². The average molecular weight is 257 g/mol. The molecule has 0 aromatic heterocycles. The van der Waals surface area contributed by atoms with Crippen LogP contribution in [0.5, 0.6) is 0 Å². The van der Waals surface area contributed by atoms with Crippen LogP contribution in [-0.2, 0) is 6.54 Å². The topological polar surface area (TPSA) is 3.24 Å². The molecule has 3 rings (SSSR count). The van der Waals surface area contributed by atoms with E-state index < -0.39 is 0 Å². The largest absolute Gasteiger partial charge is 0.298 e. The second-order valence-electron chi connectivity index (χ2n) is 7.20. The zero-order chi connectivity index (χ0) is 13.3. The second-order valence-corrected chi connectivity index (χ2v) is 7.20. The summed E-state index contributed by atoms with van der Waals surface area (Å²) in [5.41, 5.74) is 2.17. The molecule has 2 fully saturated rings. The molecule has 1 saturated heterocycles. The van der Waals surface area contributed by atoms with Gasteiger partial charge in [0.25, 0.3) is 0 Å². The van der Waals surface area contributed by atoms with Gasteiger partial charge in [-0.05, 0) is 42.1 Å². The zero-order valence-electron chi connectivity index (χ0n) is 12.4. The molecule has 1 aromatic rings. The summed E-state index contributed by atoms with van der Waals surface area (Å²) in [6.45, 7) is 8.59. The molecule has 1 aliphatic carbocycles. The van der Waals surface area contributed by atoms with Gasteiger partial charge in [-0.3, -0.25) is 4.90 Å². The zero-order valence-corrected chi connectivity index (χ0v) is 12.4. The fraction of sp³-hybridized carbons (Fsp3) is 0.667. The second kappa shape index (κ2) is 5.28. The fourth-order valence-electron chi connectivity index (χ4n) is 4.20. The summed E-state index contributed by atoms with van der Waals surface area (Å²) in [5, 5.41) is 0. The van der Waals surface area contributed by atoms with E-state index in [0.717, 1.165) is 18.4 Å². The molecule has 0 radical (unpaired) electrons. The quantitative estimate of drug-likeness (QED) is 0.776. The number of nitrogens with zero attached hydrogens (tertiary/aromatic N) is 1. The molecule has 104 valence electrons. The Hall–Kier alpha value is -0.820. The highest BCUT2D eigenvalue weighted by molar-refractivity contribution is 5.15. The molecule has 1 atom stereocenters. The standard InChI is InChI=1S/C18H27N/c1-15(2)11-17-13-19(14-18(17)9-6-10-18)12-16-7-4-3-5-8-16/h3-5,7-8,15,17H,6,9-14H2,1-2H3. The van der Waals surface area contributed by atoms with Crippen molar-refractivity contribution in [3.05, 3.63) is 35.9 Å². The van der Waals surface area contributed by atoms with Gasteiger partial charge in [-0.25, -0.2) is 0 Å². The molecule has 0 amide bonds. The van der Waals surface area contributed by atoms with E-state index in [1.807, 2.05) is 0 Å². The molecule has 1 heterocycles. The number of hydrogen-bond acceptors (Lipinski definition) is 1. The van der Waals surface area contributed by atoms with Gasteiger partial charge in [-0.15, -0.1) is 0 Å². The van der Waals surface area contributed by atoms with E-state index in [9.17, 15) is 0 Å². The van der Waals surface area contributed by atoms with Gasteiger partial charge in [-0.1, -0.05) is 50.6 Å². The Morgan fingerprint density at radius 3 is 2.53 bits per heavy atom. The van der Waals surface area contributed by atoms with E-state index in [2.05, 4.69) is 49.1 Å². The van der Waals surface area contributed by atoms with Crippen LogP contribution in [0.25, 0.3) is 0 Å². The Kier molecular flexibility index (Phi) is 3.66. The van der Waals surface area contributed by atoms with Gasteiger partial charge < -0.3 is 0 Å². The van der Waals surface area contributed by atoms with Gasteiger partial charge in [0, 0.05) is 19.6 Å². The molecule has 0 N–H and O–H groups in total. The predicted octanol–water partition coefficient (Wildman–Crippen LogP) is 4.33. The summed E-state index contributed by atoms with van der Waals surface area (Å²) in [6, 6.07) is 11.0. The fourth-order valence-corrected chi connectivity index (χ4v) is 4.20. The summed E-state index contributed by atoms with van der Waals surface area (Å²) in [4.78, 5) is 2.71. The average Bonchev–Trinajstić information content (AvgIpc) is 2.68. The van der Waals surface area contributed by atoms with Crippen LogP contribution in [0, 0.1) is 17.3 Å². The molecule has 1 unspecified atom stereocenters. The van der Waals surface area contributed by atoms with Gasteiger partial charge in [0.05, 0.1) is 0 Å². The van der Waals surface area contributed by atoms with Crippen molar-refractivity contribution in [2.45, 2.75) is 46.1 Å². The minimum absolute atomic E-state index is 0.694. The third-order valence-electron chi connectivity index (χ3n) is 5.24. The summed E-state index contributed by atoms with van der Waals surface area (Å²) in [6.07, 6.45) is 5.85. The van der Waals surface area contributed by atoms with Gasteiger partial charge in [0.15, 0.2) is 0 Å². The van der Waals surface area contributed by atoms with Crippen molar-refractivity contribution in [1.82, 2.24) is 4.90 Å². The van der Waals surface area contributed by atoms with E-state index >= 15 is 0 Å². The smallest absolute Gasteiger partial charge is 0.0234 e. The lowest BCUT2D eigenvalue weighted by Crippen LogP contribution is -2.38. The summed E-state index contributed by atoms with van der Waals surface area (Å²) < 4.78 is 0. The molecule has 0 bridgehead atoms. The van der Waals surface area contributed by atoms with E-state index in [1.165, 1.54) is 44.3 Å². The monoisotopic (exact) mass is 257 g/mol. The number of rotatable bonds is 4. The van der Waals surface area contributed by atoms with Crippen molar-refractivity contribution in [3.8, 4) is 0 Å². The van der Waals surface area contributed by atoms with Crippen molar-refractivity contribution < 1.29 is 0 Å². The van der Waals surface area contributed by atoms with Crippen LogP contribution >= 0.6 is 0 Å². The number of benzene rings is 1. The van der Waals surface area contributed by atoms with Crippen LogP contribution in [0.4, 0.5) is 0 Å². The molecular formula is C18H27N. The highest BCUT2D eigenvalue weighted by atomic mass is 15.2. The summed E-state index contributed by atoms with van der Waals surface area (Å²) in [7, 11) is 0. The van der Waals surface area contributed by atoms with Gasteiger partial charge in [0.1, 0.15) is 0 Å². The molecule has 1 spiro atoms. The highest BCUT2D eigenvalue weighted by Gasteiger charge is 2.49. The number of likely N-dealkylation sites (tertiary alicyclic amines) is 1. The maximum Gasteiger partial charge on any atom is 0.0234 e. The first-order chi connectivity index (χ1) is 9.18. The molecule has 1 aliphatic heterocycles. The Labute approximate surface area is 118 Å². The third-order valence-corrected chi connectivity index (χ3v) is 5.24. The molecule has 19 heavy (non-hydrogen) atoms. The lowest BCUT2D eigenvalue weighted by molar-refractivity contribution is 0.0786. The van der Waals surface area contributed by atoms with Crippen molar-refractivity contribution in [2.75, 3.05) is 13.1 Å². The van der Waals surface area contributed by atoms with Gasteiger partial charge in [-0.2, -0.15) is 0 Å². The molecule has 1 heteroatoms. The normalized spacial score (nSPS) is 25.9. The Balaban J connectivity index is 1.66. The Morgan fingerprint density at radius 2 is 1.95 bits per heavy atom. The maximum absolute atomic E-state index is 2.71. The van der Waals surface area contributed by atoms with Crippen LogP contribution in [0.1, 0.15) is 45.1 Å². The van der Waals surface area contributed by atoms with Crippen LogP contribution in [0.3, 0.4) is 0 Å². The van der Waals surface area contributed by atoms with Crippen LogP contribution in [0.15, 0.2) is 30.3 Å². The van der Waals surface area contributed by atoms with E-state index in [1.54, 1.807) is 0 Å². The first-order valence-electron chi connectivity index (χ1n) is 7.94. The van der Waals surface area contributed by atoms with Crippen LogP contribution in [-0.4, -0.2) is 18.0 Å². The van der Waals surface area contributed by atoms with Crippen LogP contribution < -0.4 is 0 Å². The summed E-state index contributed by atoms with van der Waals surface area (Å²) >= 11 is 0. The minimum Gasteiger partial charge on any atom is -0.298 e. The molecule has 1 nitrogen and oxygen atoms in total. The van der Waals surface area contributed by atoms with Crippen molar-refractivity contribution in [1.29, 1.82) is 0 Å². The summed E-state index contributed by atoms with van der Waals surface area (Å²) in [5.74, 6) is 1.80. The molecule has 1 aromatic carbocycles. The SMILES string of the molecule is CC(C)CC1CN(Cc2ccccc2)CC12CCC2. The Bertz CT molecular complexity index is 405. The van der Waals surface area contributed by atoms with E-state index in [0.29, 0.717) is 5.41 Å². The van der Waals surface area contributed by atoms with Crippen molar-refractivity contribution in [2.24, 2.45) is 17.3 Å². The molecular weight excluding hydrogens is 230 g/mol. The highest BCUT2D eigenvalue weighted by Crippen LogP contribution is 2.53. The molecule has 1 saturated carbocycles. The lowest BCUT2D eigenvalue weighted by atomic mass is 9.61. The van der Waals surface area contributed by atoms with Crippen molar-refractivity contribution in [3.63, 3.8) is 0 Å². The minimum atomic E-state index is 0.694. The first-order valence-corrected chi connectivity index (χ1v) is 7.94. The van der Waals surface area contributed by atoms with E-state index in [4.69, 9.17) is 0 Å². The van der Waals surface area contributed by atoms with Crippen LogP contribution in [0.2, 0.25) is 0 Å². The third kappa shape index (κ3) is 2.72. The van der Waals surface area contributed by atoms with Gasteiger partial charge in [0.2, 0.25) is 0 Å².